The van der Waals surface area contributed by atoms with Gasteiger partial charge in [0.2, 0.25) is 0 Å². The van der Waals surface area contributed by atoms with Crippen molar-refractivity contribution in [3.63, 3.8) is 0 Å². The Bertz CT molecular complexity index is 3130. The number of para-hydroxylation sites is 2. The second-order valence-corrected chi connectivity index (χ2v) is 15.1. The van der Waals surface area contributed by atoms with Crippen molar-refractivity contribution in [3.8, 4) is 45.3 Å². The van der Waals surface area contributed by atoms with Crippen LogP contribution in [0.15, 0.2) is 170 Å². The standard InChI is InChI=1S/C49H28N2OS/c1-2-12-30-25-34(22-21-29(30)11-1)48-50-45(47-46(51-48)35-15-5-10-20-44(35)53-47)33-23-24-38-36(27-33)37-26-31-13-3-4-14-32(31)28-41(37)49(38)39-16-6-8-18-42(39)52-43-19-9-7-17-40(43)49/h1-28H. The summed E-state index contributed by atoms with van der Waals surface area (Å²) in [6, 6.07) is 61.2. The number of thiophene rings is 1. The Kier molecular flexibility index (Phi) is 5.86. The molecule has 53 heavy (non-hydrogen) atoms. The van der Waals surface area contributed by atoms with Crippen LogP contribution in [0.1, 0.15) is 22.3 Å². The predicted octanol–water partition coefficient (Wildman–Crippen LogP) is 13.0. The highest BCUT2D eigenvalue weighted by atomic mass is 32.1. The molecular formula is C49H28N2OS. The molecule has 0 fully saturated rings. The summed E-state index contributed by atoms with van der Waals surface area (Å²) in [6.45, 7) is 0. The van der Waals surface area contributed by atoms with E-state index >= 15 is 0 Å². The number of rotatable bonds is 2. The van der Waals surface area contributed by atoms with Gasteiger partial charge in [0.05, 0.1) is 21.3 Å². The first-order valence-corrected chi connectivity index (χ1v) is 18.8. The molecule has 12 rings (SSSR count). The molecule has 0 atom stereocenters. The molecule has 0 amide bonds. The van der Waals surface area contributed by atoms with Gasteiger partial charge in [-0.25, -0.2) is 9.97 Å². The Hall–Kier alpha value is -6.62. The van der Waals surface area contributed by atoms with Crippen LogP contribution in [0.4, 0.5) is 0 Å². The maximum absolute atomic E-state index is 6.62. The normalized spacial score (nSPS) is 13.6. The van der Waals surface area contributed by atoms with Gasteiger partial charge >= 0.3 is 0 Å². The minimum absolute atomic E-state index is 0.548. The molecule has 1 aliphatic carbocycles. The molecule has 2 aromatic heterocycles. The third kappa shape index (κ3) is 3.99. The Labute approximate surface area is 309 Å². The number of fused-ring (bicyclic) bond motifs is 14. The molecule has 0 saturated carbocycles. The van der Waals surface area contributed by atoms with Gasteiger partial charge in [-0.05, 0) is 86.3 Å². The van der Waals surface area contributed by atoms with Crippen molar-refractivity contribution in [1.82, 2.24) is 9.97 Å². The minimum atomic E-state index is -0.548. The van der Waals surface area contributed by atoms with Gasteiger partial charge in [0.25, 0.3) is 0 Å². The zero-order chi connectivity index (χ0) is 34.7. The molecule has 0 bridgehead atoms. The van der Waals surface area contributed by atoms with Crippen LogP contribution in [0.2, 0.25) is 0 Å². The fraction of sp³-hybridized carbons (Fsp3) is 0.0204. The summed E-state index contributed by atoms with van der Waals surface area (Å²) >= 11 is 1.77. The van der Waals surface area contributed by atoms with Crippen LogP contribution < -0.4 is 4.74 Å². The molecule has 3 heterocycles. The third-order valence-corrected chi connectivity index (χ3v) is 12.5. The van der Waals surface area contributed by atoms with Crippen LogP contribution in [0.3, 0.4) is 0 Å². The molecule has 1 aliphatic heterocycles. The van der Waals surface area contributed by atoms with Crippen molar-refractivity contribution in [2.45, 2.75) is 5.41 Å². The molecule has 4 heteroatoms. The molecule has 10 aromatic rings. The summed E-state index contributed by atoms with van der Waals surface area (Å²) in [4.78, 5) is 10.7. The Balaban J connectivity index is 1.17. The van der Waals surface area contributed by atoms with Crippen LogP contribution in [0.5, 0.6) is 11.5 Å². The fourth-order valence-corrected chi connectivity index (χ4v) is 10.1. The Morgan fingerprint density at radius 2 is 1.08 bits per heavy atom. The largest absolute Gasteiger partial charge is 0.457 e. The van der Waals surface area contributed by atoms with Crippen molar-refractivity contribution in [2.75, 3.05) is 0 Å². The lowest BCUT2D eigenvalue weighted by Gasteiger charge is -2.39. The minimum Gasteiger partial charge on any atom is -0.457 e. The maximum Gasteiger partial charge on any atom is 0.160 e. The van der Waals surface area contributed by atoms with Crippen molar-refractivity contribution in [1.29, 1.82) is 0 Å². The SMILES string of the molecule is c1ccc2c(c1)Oc1ccccc1C21c2ccc(-c3nc(-c4ccc5ccccc5c4)nc4c3sc3ccccc34)cc2-c2cc3ccccc3cc21. The van der Waals surface area contributed by atoms with E-state index in [0.717, 1.165) is 60.9 Å². The highest BCUT2D eigenvalue weighted by Gasteiger charge is 2.51. The van der Waals surface area contributed by atoms with Crippen molar-refractivity contribution >= 4 is 53.2 Å². The molecule has 0 radical (unpaired) electrons. The summed E-state index contributed by atoms with van der Waals surface area (Å²) in [5.74, 6) is 2.52. The van der Waals surface area contributed by atoms with E-state index in [1.807, 2.05) is 0 Å². The number of ether oxygens (including phenoxy) is 1. The van der Waals surface area contributed by atoms with E-state index < -0.39 is 5.41 Å². The molecule has 0 unspecified atom stereocenters. The van der Waals surface area contributed by atoms with Crippen LogP contribution >= 0.6 is 11.3 Å². The molecule has 2 aliphatic rings. The summed E-state index contributed by atoms with van der Waals surface area (Å²) < 4.78 is 8.93. The van der Waals surface area contributed by atoms with Crippen LogP contribution in [-0.2, 0) is 5.41 Å². The van der Waals surface area contributed by atoms with Crippen LogP contribution in [0.25, 0.3) is 75.6 Å². The van der Waals surface area contributed by atoms with E-state index in [4.69, 9.17) is 14.7 Å². The molecule has 0 saturated heterocycles. The molecule has 246 valence electrons. The second-order valence-electron chi connectivity index (χ2n) is 14.1. The lowest BCUT2D eigenvalue weighted by molar-refractivity contribution is 0.436. The van der Waals surface area contributed by atoms with E-state index in [0.29, 0.717) is 0 Å². The first-order chi connectivity index (χ1) is 26.2. The summed E-state index contributed by atoms with van der Waals surface area (Å²) in [7, 11) is 0. The van der Waals surface area contributed by atoms with Gasteiger partial charge in [0, 0.05) is 32.3 Å². The molecular weight excluding hydrogens is 665 g/mol. The number of aromatic nitrogens is 2. The van der Waals surface area contributed by atoms with Crippen molar-refractivity contribution < 1.29 is 4.74 Å². The van der Waals surface area contributed by atoms with Gasteiger partial charge in [-0.1, -0.05) is 127 Å². The number of nitrogens with zero attached hydrogens (tertiary/aromatic N) is 2. The van der Waals surface area contributed by atoms with Gasteiger partial charge in [-0.15, -0.1) is 11.3 Å². The highest BCUT2D eigenvalue weighted by Crippen LogP contribution is 2.63. The summed E-state index contributed by atoms with van der Waals surface area (Å²) in [5.41, 5.74) is 10.8. The summed E-state index contributed by atoms with van der Waals surface area (Å²) in [6.07, 6.45) is 0. The second kappa shape index (κ2) is 10.7. The quantitative estimate of drug-likeness (QED) is 0.181. The molecule has 1 spiro atoms. The van der Waals surface area contributed by atoms with Gasteiger partial charge < -0.3 is 4.74 Å². The molecule has 8 aromatic carbocycles. The van der Waals surface area contributed by atoms with E-state index in [-0.39, 0.29) is 0 Å². The molecule has 3 nitrogen and oxygen atoms in total. The Morgan fingerprint density at radius 1 is 0.453 bits per heavy atom. The average Bonchev–Trinajstić information content (AvgIpc) is 3.73. The van der Waals surface area contributed by atoms with Crippen LogP contribution in [0, 0.1) is 0 Å². The topological polar surface area (TPSA) is 35.0 Å². The van der Waals surface area contributed by atoms with Gasteiger partial charge in [-0.3, -0.25) is 0 Å². The lowest BCUT2D eigenvalue weighted by Crippen LogP contribution is -2.32. The van der Waals surface area contributed by atoms with E-state index in [1.165, 1.54) is 48.5 Å². The number of hydrogen-bond acceptors (Lipinski definition) is 4. The van der Waals surface area contributed by atoms with E-state index in [1.54, 1.807) is 11.3 Å². The van der Waals surface area contributed by atoms with Gasteiger partial charge in [-0.2, -0.15) is 0 Å². The summed E-state index contributed by atoms with van der Waals surface area (Å²) in [5, 5.41) is 5.98. The highest BCUT2D eigenvalue weighted by molar-refractivity contribution is 7.26. The Morgan fingerprint density at radius 3 is 1.87 bits per heavy atom. The number of benzene rings is 8. The van der Waals surface area contributed by atoms with Gasteiger partial charge in [0.15, 0.2) is 5.82 Å². The van der Waals surface area contributed by atoms with Crippen molar-refractivity contribution in [2.24, 2.45) is 0 Å². The fourth-order valence-electron chi connectivity index (χ4n) is 8.98. The average molecular weight is 693 g/mol. The lowest BCUT2D eigenvalue weighted by atomic mass is 9.66. The third-order valence-electron chi connectivity index (χ3n) is 11.3. The van der Waals surface area contributed by atoms with E-state index in [2.05, 4.69) is 170 Å². The van der Waals surface area contributed by atoms with Crippen molar-refractivity contribution in [3.05, 3.63) is 192 Å². The smallest absolute Gasteiger partial charge is 0.160 e. The monoisotopic (exact) mass is 692 g/mol. The maximum atomic E-state index is 6.62. The van der Waals surface area contributed by atoms with E-state index in [9.17, 15) is 0 Å². The zero-order valence-corrected chi connectivity index (χ0v) is 29.2. The first-order valence-electron chi connectivity index (χ1n) is 18.0. The van der Waals surface area contributed by atoms with Gasteiger partial charge in [0.1, 0.15) is 11.5 Å². The zero-order valence-electron chi connectivity index (χ0n) is 28.4. The van der Waals surface area contributed by atoms with Crippen LogP contribution in [-0.4, -0.2) is 9.97 Å². The first kappa shape index (κ1) is 29.0. The molecule has 0 N–H and O–H groups in total. The predicted molar refractivity (Wildman–Crippen MR) is 218 cm³/mol. The number of hydrogen-bond donors (Lipinski definition) is 0.